The molecule has 1 aliphatic rings. The first kappa shape index (κ1) is 15.9. The normalized spacial score (nSPS) is 13.9. The molecule has 0 radical (unpaired) electrons. The van der Waals surface area contributed by atoms with Gasteiger partial charge in [0, 0.05) is 33.8 Å². The van der Waals surface area contributed by atoms with Gasteiger partial charge in [-0.05, 0) is 37.8 Å². The molecule has 6 heteroatoms. The lowest BCUT2D eigenvalue weighted by Crippen LogP contribution is -2.28. The molecule has 1 fully saturated rings. The fraction of sp³-hybridized carbons (Fsp3) is 0.471. The van der Waals surface area contributed by atoms with Crippen LogP contribution in [-0.4, -0.2) is 37.0 Å². The zero-order valence-electron chi connectivity index (χ0n) is 14.0. The Hall–Kier alpha value is -1.95. The van der Waals surface area contributed by atoms with Crippen LogP contribution < -0.4 is 9.80 Å². The highest BCUT2D eigenvalue weighted by molar-refractivity contribution is 7.14. The van der Waals surface area contributed by atoms with Crippen molar-refractivity contribution < 1.29 is 4.79 Å². The first-order chi connectivity index (χ1) is 11.0. The van der Waals surface area contributed by atoms with Crippen LogP contribution in [0, 0.1) is 12.8 Å². The number of carbonyl (C=O) groups excluding carboxylic acids is 1. The standard InChI is InChI=1S/C17H22N4OS/c1-11-15(23-14(19-11)10-12-7-8-12)17(22)21(4)13-6-5-9-18-16(13)20(2)3/h5-6,9,12H,7-8,10H2,1-4H3. The van der Waals surface area contributed by atoms with Crippen molar-refractivity contribution in [3.63, 3.8) is 0 Å². The summed E-state index contributed by atoms with van der Waals surface area (Å²) >= 11 is 1.54. The second-order valence-corrected chi connectivity index (χ2v) is 7.36. The van der Waals surface area contributed by atoms with E-state index in [2.05, 4.69) is 9.97 Å². The Kier molecular flexibility index (Phi) is 4.35. The number of aryl methyl sites for hydroxylation is 1. The van der Waals surface area contributed by atoms with Crippen molar-refractivity contribution in [2.45, 2.75) is 26.2 Å². The maximum Gasteiger partial charge on any atom is 0.270 e. The Labute approximate surface area is 141 Å². The van der Waals surface area contributed by atoms with Crippen molar-refractivity contribution in [2.75, 3.05) is 30.9 Å². The summed E-state index contributed by atoms with van der Waals surface area (Å²) in [5.41, 5.74) is 1.64. The number of aromatic nitrogens is 2. The molecule has 0 bridgehead atoms. The number of hydrogen-bond donors (Lipinski definition) is 0. The van der Waals surface area contributed by atoms with E-state index in [1.54, 1.807) is 18.1 Å². The Morgan fingerprint density at radius 2 is 2.09 bits per heavy atom. The van der Waals surface area contributed by atoms with Crippen LogP contribution in [0.15, 0.2) is 18.3 Å². The van der Waals surface area contributed by atoms with Crippen LogP contribution in [0.2, 0.25) is 0 Å². The van der Waals surface area contributed by atoms with E-state index in [0.717, 1.165) is 39.4 Å². The second-order valence-electron chi connectivity index (χ2n) is 6.27. The van der Waals surface area contributed by atoms with E-state index in [0.29, 0.717) is 0 Å². The number of thiazole rings is 1. The molecule has 0 N–H and O–H groups in total. The third kappa shape index (κ3) is 3.37. The van der Waals surface area contributed by atoms with Crippen LogP contribution in [0.1, 0.15) is 33.2 Å². The van der Waals surface area contributed by atoms with E-state index >= 15 is 0 Å². The molecule has 5 nitrogen and oxygen atoms in total. The first-order valence-electron chi connectivity index (χ1n) is 7.84. The smallest absolute Gasteiger partial charge is 0.270 e. The quantitative estimate of drug-likeness (QED) is 0.845. The summed E-state index contributed by atoms with van der Waals surface area (Å²) in [6, 6.07) is 3.77. The maximum atomic E-state index is 12.9. The largest absolute Gasteiger partial charge is 0.361 e. The fourth-order valence-electron chi connectivity index (χ4n) is 2.56. The van der Waals surface area contributed by atoms with Crippen molar-refractivity contribution in [1.82, 2.24) is 9.97 Å². The minimum atomic E-state index is -0.0156. The molecular weight excluding hydrogens is 308 g/mol. The predicted molar refractivity (Wildman–Crippen MR) is 94.6 cm³/mol. The predicted octanol–water partition coefficient (Wildman–Crippen LogP) is 3.14. The van der Waals surface area contributed by atoms with Crippen molar-refractivity contribution in [2.24, 2.45) is 5.92 Å². The molecule has 2 aromatic heterocycles. The third-order valence-corrected chi connectivity index (χ3v) is 5.22. The summed E-state index contributed by atoms with van der Waals surface area (Å²) in [5, 5.41) is 1.08. The number of nitrogens with zero attached hydrogens (tertiary/aromatic N) is 4. The number of pyridine rings is 1. The van der Waals surface area contributed by atoms with Crippen LogP contribution >= 0.6 is 11.3 Å². The van der Waals surface area contributed by atoms with Gasteiger partial charge in [-0.25, -0.2) is 9.97 Å². The molecule has 2 heterocycles. The van der Waals surface area contributed by atoms with E-state index in [1.165, 1.54) is 24.2 Å². The van der Waals surface area contributed by atoms with E-state index < -0.39 is 0 Å². The SMILES string of the molecule is Cc1nc(CC2CC2)sc1C(=O)N(C)c1cccnc1N(C)C. The summed E-state index contributed by atoms with van der Waals surface area (Å²) in [7, 11) is 5.65. The fourth-order valence-corrected chi connectivity index (χ4v) is 3.72. The number of rotatable bonds is 5. The molecular formula is C17H22N4OS. The van der Waals surface area contributed by atoms with Crippen molar-refractivity contribution in [1.29, 1.82) is 0 Å². The Morgan fingerprint density at radius 3 is 2.74 bits per heavy atom. The van der Waals surface area contributed by atoms with Gasteiger partial charge in [0.1, 0.15) is 4.88 Å². The summed E-state index contributed by atoms with van der Waals surface area (Å²) in [6.07, 6.45) is 5.34. The summed E-state index contributed by atoms with van der Waals surface area (Å²) in [6.45, 7) is 1.92. The van der Waals surface area contributed by atoms with Gasteiger partial charge in [0.25, 0.3) is 5.91 Å². The Balaban J connectivity index is 1.86. The molecule has 0 saturated heterocycles. The van der Waals surface area contributed by atoms with Gasteiger partial charge in [-0.2, -0.15) is 0 Å². The number of carbonyl (C=O) groups is 1. The van der Waals surface area contributed by atoms with Gasteiger partial charge in [0.05, 0.1) is 16.4 Å². The molecule has 23 heavy (non-hydrogen) atoms. The van der Waals surface area contributed by atoms with Gasteiger partial charge in [0.2, 0.25) is 0 Å². The molecule has 3 rings (SSSR count). The van der Waals surface area contributed by atoms with E-state index in [1.807, 2.05) is 38.1 Å². The minimum absolute atomic E-state index is 0.0156. The van der Waals surface area contributed by atoms with E-state index in [9.17, 15) is 4.79 Å². The first-order valence-corrected chi connectivity index (χ1v) is 8.65. The maximum absolute atomic E-state index is 12.9. The molecule has 0 unspecified atom stereocenters. The Morgan fingerprint density at radius 1 is 1.35 bits per heavy atom. The van der Waals surface area contributed by atoms with Gasteiger partial charge in [-0.1, -0.05) is 0 Å². The summed E-state index contributed by atoms with van der Waals surface area (Å²) in [5.74, 6) is 1.54. The van der Waals surface area contributed by atoms with Crippen LogP contribution in [0.3, 0.4) is 0 Å². The Bertz CT molecular complexity index is 721. The van der Waals surface area contributed by atoms with E-state index in [4.69, 9.17) is 0 Å². The molecule has 1 aliphatic carbocycles. The van der Waals surface area contributed by atoms with Crippen LogP contribution in [0.5, 0.6) is 0 Å². The third-order valence-electron chi connectivity index (χ3n) is 4.05. The minimum Gasteiger partial charge on any atom is -0.361 e. The highest BCUT2D eigenvalue weighted by Crippen LogP contribution is 2.35. The molecule has 2 aromatic rings. The molecule has 0 spiro atoms. The van der Waals surface area contributed by atoms with Crippen LogP contribution in [-0.2, 0) is 6.42 Å². The molecule has 0 atom stereocenters. The number of anilines is 2. The van der Waals surface area contributed by atoms with Gasteiger partial charge in [0.15, 0.2) is 5.82 Å². The number of amides is 1. The number of hydrogen-bond acceptors (Lipinski definition) is 5. The average Bonchev–Trinajstić information content (AvgIpc) is 3.27. The zero-order chi connectivity index (χ0) is 16.6. The van der Waals surface area contributed by atoms with Crippen LogP contribution in [0.4, 0.5) is 11.5 Å². The summed E-state index contributed by atoms with van der Waals surface area (Å²) < 4.78 is 0. The van der Waals surface area contributed by atoms with Gasteiger partial charge in [-0.15, -0.1) is 11.3 Å². The molecule has 122 valence electrons. The zero-order valence-corrected chi connectivity index (χ0v) is 14.9. The second kappa shape index (κ2) is 6.28. The molecule has 1 saturated carbocycles. The lowest BCUT2D eigenvalue weighted by molar-refractivity contribution is 0.0996. The van der Waals surface area contributed by atoms with Crippen LogP contribution in [0.25, 0.3) is 0 Å². The van der Waals surface area contributed by atoms with Gasteiger partial charge in [-0.3, -0.25) is 4.79 Å². The highest BCUT2D eigenvalue weighted by atomic mass is 32.1. The average molecular weight is 330 g/mol. The monoisotopic (exact) mass is 330 g/mol. The van der Waals surface area contributed by atoms with Gasteiger partial charge >= 0.3 is 0 Å². The molecule has 1 amide bonds. The summed E-state index contributed by atoms with van der Waals surface area (Å²) in [4.78, 5) is 26.2. The van der Waals surface area contributed by atoms with Crippen molar-refractivity contribution in [3.05, 3.63) is 33.9 Å². The van der Waals surface area contributed by atoms with Crippen molar-refractivity contribution >= 4 is 28.7 Å². The highest BCUT2D eigenvalue weighted by Gasteiger charge is 2.26. The van der Waals surface area contributed by atoms with Crippen molar-refractivity contribution in [3.8, 4) is 0 Å². The molecule has 0 aromatic carbocycles. The van der Waals surface area contributed by atoms with Gasteiger partial charge < -0.3 is 9.80 Å². The topological polar surface area (TPSA) is 49.3 Å². The lowest BCUT2D eigenvalue weighted by atomic mass is 10.3. The lowest BCUT2D eigenvalue weighted by Gasteiger charge is -2.22. The van der Waals surface area contributed by atoms with E-state index in [-0.39, 0.29) is 5.91 Å². The molecule has 0 aliphatic heterocycles.